The SMILES string of the molecule is NC(=O)CCCSc1nc(-c2ccccc2)c(-c2ccccc2)n1-c1ccccn1. The number of hydrogen-bond donors (Lipinski definition) is 1. The van der Waals surface area contributed by atoms with Gasteiger partial charge in [-0.2, -0.15) is 0 Å². The molecule has 30 heavy (non-hydrogen) atoms. The van der Waals surface area contributed by atoms with Crippen LogP contribution in [0.15, 0.2) is 90.2 Å². The van der Waals surface area contributed by atoms with Gasteiger partial charge in [0.1, 0.15) is 5.82 Å². The molecule has 0 bridgehead atoms. The molecular weight excluding hydrogens is 392 g/mol. The summed E-state index contributed by atoms with van der Waals surface area (Å²) in [5.74, 6) is 1.27. The van der Waals surface area contributed by atoms with Crippen LogP contribution in [-0.4, -0.2) is 26.2 Å². The number of benzene rings is 2. The van der Waals surface area contributed by atoms with Gasteiger partial charge in [-0.15, -0.1) is 0 Å². The number of carbonyl (C=O) groups excluding carboxylic acids is 1. The Morgan fingerprint density at radius 3 is 2.20 bits per heavy atom. The number of primary amides is 1. The Bertz CT molecular complexity index is 1110. The smallest absolute Gasteiger partial charge is 0.217 e. The number of rotatable bonds is 8. The minimum absolute atomic E-state index is 0.279. The van der Waals surface area contributed by atoms with Gasteiger partial charge in [-0.05, 0) is 18.6 Å². The maximum absolute atomic E-state index is 11.1. The molecule has 2 aromatic carbocycles. The zero-order chi connectivity index (χ0) is 20.8. The number of carbonyl (C=O) groups is 1. The minimum atomic E-state index is -0.279. The van der Waals surface area contributed by atoms with Crippen molar-refractivity contribution >= 4 is 17.7 Å². The molecule has 0 fully saturated rings. The highest BCUT2D eigenvalue weighted by molar-refractivity contribution is 7.99. The number of hydrogen-bond acceptors (Lipinski definition) is 4. The molecule has 0 spiro atoms. The summed E-state index contributed by atoms with van der Waals surface area (Å²) in [6.07, 6.45) is 2.86. The summed E-state index contributed by atoms with van der Waals surface area (Å²) in [7, 11) is 0. The standard InChI is InChI=1S/C24H22N4OS/c25-20(29)14-9-17-30-24-27-22(18-10-3-1-4-11-18)23(19-12-5-2-6-13-19)28(24)21-15-7-8-16-26-21/h1-8,10-13,15-16H,9,14,17H2,(H2,25,29). The molecule has 5 nitrogen and oxygen atoms in total. The molecule has 0 atom stereocenters. The van der Waals surface area contributed by atoms with Crippen LogP contribution in [0.4, 0.5) is 0 Å². The normalized spacial score (nSPS) is 10.8. The Morgan fingerprint density at radius 2 is 1.57 bits per heavy atom. The molecule has 2 heterocycles. The van der Waals surface area contributed by atoms with Crippen LogP contribution in [0.25, 0.3) is 28.3 Å². The number of nitrogens with two attached hydrogens (primary N) is 1. The molecule has 0 aliphatic carbocycles. The van der Waals surface area contributed by atoms with E-state index in [9.17, 15) is 4.79 Å². The Balaban J connectivity index is 1.87. The number of aromatic nitrogens is 3. The first-order valence-corrected chi connectivity index (χ1v) is 10.8. The lowest BCUT2D eigenvalue weighted by molar-refractivity contribution is -0.118. The van der Waals surface area contributed by atoms with Crippen molar-refractivity contribution in [3.63, 3.8) is 0 Å². The van der Waals surface area contributed by atoms with E-state index in [0.717, 1.165) is 39.2 Å². The average molecular weight is 415 g/mol. The van der Waals surface area contributed by atoms with Gasteiger partial charge in [-0.3, -0.25) is 9.36 Å². The van der Waals surface area contributed by atoms with Crippen molar-refractivity contribution in [1.29, 1.82) is 0 Å². The van der Waals surface area contributed by atoms with E-state index >= 15 is 0 Å². The van der Waals surface area contributed by atoms with Crippen LogP contribution in [-0.2, 0) is 4.79 Å². The summed E-state index contributed by atoms with van der Waals surface area (Å²) in [6, 6.07) is 26.3. The van der Waals surface area contributed by atoms with Gasteiger partial charge in [-0.25, -0.2) is 9.97 Å². The molecular formula is C24H22N4OS. The highest BCUT2D eigenvalue weighted by Crippen LogP contribution is 2.37. The summed E-state index contributed by atoms with van der Waals surface area (Å²) >= 11 is 1.61. The van der Waals surface area contributed by atoms with Crippen molar-refractivity contribution in [3.8, 4) is 28.3 Å². The van der Waals surface area contributed by atoms with E-state index in [-0.39, 0.29) is 5.91 Å². The first-order valence-electron chi connectivity index (χ1n) is 9.80. The van der Waals surface area contributed by atoms with Gasteiger partial charge in [0.15, 0.2) is 5.16 Å². The maximum Gasteiger partial charge on any atom is 0.217 e. The number of nitrogens with zero attached hydrogens (tertiary/aromatic N) is 3. The summed E-state index contributed by atoms with van der Waals surface area (Å²) in [5.41, 5.74) is 9.31. The topological polar surface area (TPSA) is 73.8 Å². The minimum Gasteiger partial charge on any atom is -0.370 e. The third-order valence-corrected chi connectivity index (χ3v) is 5.64. The third kappa shape index (κ3) is 4.44. The molecule has 4 aromatic rings. The van der Waals surface area contributed by atoms with Gasteiger partial charge in [0.05, 0.1) is 11.4 Å². The molecule has 6 heteroatoms. The van der Waals surface area contributed by atoms with Crippen molar-refractivity contribution < 1.29 is 4.79 Å². The molecule has 0 saturated carbocycles. The Hall–Kier alpha value is -3.38. The van der Waals surface area contributed by atoms with Crippen molar-refractivity contribution in [2.45, 2.75) is 18.0 Å². The molecule has 0 unspecified atom stereocenters. The maximum atomic E-state index is 11.1. The lowest BCUT2D eigenvalue weighted by Crippen LogP contribution is -2.10. The predicted octanol–water partition coefficient (Wildman–Crippen LogP) is 4.96. The second-order valence-electron chi connectivity index (χ2n) is 6.77. The molecule has 0 aliphatic rings. The monoisotopic (exact) mass is 414 g/mol. The number of thioether (sulfide) groups is 1. The van der Waals surface area contributed by atoms with Gasteiger partial charge in [0.2, 0.25) is 5.91 Å². The summed E-state index contributed by atoms with van der Waals surface area (Å²) < 4.78 is 2.10. The molecule has 0 radical (unpaired) electrons. The third-order valence-electron chi connectivity index (χ3n) is 4.62. The van der Waals surface area contributed by atoms with E-state index in [1.165, 1.54) is 0 Å². The van der Waals surface area contributed by atoms with Crippen LogP contribution >= 0.6 is 11.8 Å². The Morgan fingerprint density at radius 1 is 0.900 bits per heavy atom. The zero-order valence-corrected chi connectivity index (χ0v) is 17.3. The number of pyridine rings is 1. The highest BCUT2D eigenvalue weighted by Gasteiger charge is 2.22. The summed E-state index contributed by atoms with van der Waals surface area (Å²) in [5, 5.41) is 0.843. The largest absolute Gasteiger partial charge is 0.370 e. The molecule has 2 N–H and O–H groups in total. The van der Waals surface area contributed by atoms with Gasteiger partial charge in [0, 0.05) is 29.5 Å². The highest BCUT2D eigenvalue weighted by atomic mass is 32.2. The Labute approximate surface area is 180 Å². The van der Waals surface area contributed by atoms with E-state index in [2.05, 4.69) is 33.8 Å². The van der Waals surface area contributed by atoms with Gasteiger partial charge >= 0.3 is 0 Å². The van der Waals surface area contributed by atoms with Crippen LogP contribution in [0.1, 0.15) is 12.8 Å². The predicted molar refractivity (Wildman–Crippen MR) is 121 cm³/mol. The Kier molecular flexibility index (Phi) is 6.25. The molecule has 0 aliphatic heterocycles. The van der Waals surface area contributed by atoms with Crippen LogP contribution in [0, 0.1) is 0 Å². The molecule has 4 rings (SSSR count). The van der Waals surface area contributed by atoms with Crippen LogP contribution in [0.5, 0.6) is 0 Å². The number of amides is 1. The molecule has 0 saturated heterocycles. The molecule has 1 amide bonds. The van der Waals surface area contributed by atoms with Gasteiger partial charge in [-0.1, -0.05) is 78.5 Å². The van der Waals surface area contributed by atoms with Crippen molar-refractivity contribution in [3.05, 3.63) is 85.1 Å². The second kappa shape index (κ2) is 9.41. The van der Waals surface area contributed by atoms with Crippen molar-refractivity contribution in [1.82, 2.24) is 14.5 Å². The van der Waals surface area contributed by atoms with Crippen LogP contribution in [0.2, 0.25) is 0 Å². The lowest BCUT2D eigenvalue weighted by Gasteiger charge is -2.12. The van der Waals surface area contributed by atoms with Crippen LogP contribution in [0.3, 0.4) is 0 Å². The lowest BCUT2D eigenvalue weighted by atomic mass is 10.0. The second-order valence-corrected chi connectivity index (χ2v) is 7.83. The van der Waals surface area contributed by atoms with E-state index in [1.807, 2.05) is 54.6 Å². The fourth-order valence-electron chi connectivity index (χ4n) is 3.26. The summed E-state index contributed by atoms with van der Waals surface area (Å²) in [4.78, 5) is 20.7. The van der Waals surface area contributed by atoms with E-state index in [1.54, 1.807) is 18.0 Å². The van der Waals surface area contributed by atoms with E-state index in [4.69, 9.17) is 10.7 Å². The summed E-state index contributed by atoms with van der Waals surface area (Å²) in [6.45, 7) is 0. The van der Waals surface area contributed by atoms with E-state index in [0.29, 0.717) is 12.8 Å². The zero-order valence-electron chi connectivity index (χ0n) is 16.4. The van der Waals surface area contributed by atoms with Crippen LogP contribution < -0.4 is 5.73 Å². The van der Waals surface area contributed by atoms with Gasteiger partial charge in [0.25, 0.3) is 0 Å². The fourth-order valence-corrected chi connectivity index (χ4v) is 4.21. The van der Waals surface area contributed by atoms with E-state index < -0.39 is 0 Å². The van der Waals surface area contributed by atoms with Crippen molar-refractivity contribution in [2.24, 2.45) is 5.73 Å². The molecule has 2 aromatic heterocycles. The van der Waals surface area contributed by atoms with Gasteiger partial charge < -0.3 is 5.73 Å². The first-order chi connectivity index (χ1) is 14.7. The first kappa shape index (κ1) is 19.9. The fraction of sp³-hybridized carbons (Fsp3) is 0.125. The number of imidazole rings is 1. The quantitative estimate of drug-likeness (QED) is 0.327. The average Bonchev–Trinajstić information content (AvgIpc) is 3.18. The van der Waals surface area contributed by atoms with Crippen molar-refractivity contribution in [2.75, 3.05) is 5.75 Å². The molecule has 150 valence electrons.